The van der Waals surface area contributed by atoms with Crippen molar-refractivity contribution in [2.24, 2.45) is 5.92 Å². The molecule has 1 N–H and O–H groups in total. The third kappa shape index (κ3) is 2.62. The smallest absolute Gasteiger partial charge is 0.0702 e. The molecule has 1 aromatic heterocycles. The Kier molecular flexibility index (Phi) is 3.76. The maximum atomic E-state index is 5.61. The van der Waals surface area contributed by atoms with Gasteiger partial charge >= 0.3 is 0 Å². The van der Waals surface area contributed by atoms with Gasteiger partial charge in [0.05, 0.1) is 12.1 Å². The van der Waals surface area contributed by atoms with Crippen LogP contribution in [0.5, 0.6) is 0 Å². The molecule has 0 saturated carbocycles. The van der Waals surface area contributed by atoms with Crippen LogP contribution in [0.2, 0.25) is 0 Å². The monoisotopic (exact) mass is 256 g/mol. The van der Waals surface area contributed by atoms with E-state index in [0.29, 0.717) is 12.0 Å². The standard InChI is InChI=1S/C16H20N2O/c1-17-16(13-6-4-8-19-11-13)14-9-12-5-2-3-7-15(12)18-10-14/h2-3,5,7,9-10,13,16-17H,4,6,8,11H2,1H3. The van der Waals surface area contributed by atoms with Gasteiger partial charge in [0.15, 0.2) is 0 Å². The van der Waals surface area contributed by atoms with Gasteiger partial charge in [0, 0.05) is 30.1 Å². The molecule has 3 heteroatoms. The Morgan fingerprint density at radius 1 is 1.37 bits per heavy atom. The van der Waals surface area contributed by atoms with Crippen molar-refractivity contribution in [3.8, 4) is 0 Å². The first-order chi connectivity index (χ1) is 9.38. The van der Waals surface area contributed by atoms with E-state index in [1.165, 1.54) is 17.4 Å². The van der Waals surface area contributed by atoms with Crippen LogP contribution in [0.4, 0.5) is 0 Å². The number of nitrogens with zero attached hydrogens (tertiary/aromatic N) is 1. The van der Waals surface area contributed by atoms with Gasteiger partial charge in [-0.2, -0.15) is 0 Å². The lowest BCUT2D eigenvalue weighted by Gasteiger charge is -2.30. The van der Waals surface area contributed by atoms with Crippen LogP contribution in [0.3, 0.4) is 0 Å². The second kappa shape index (κ2) is 5.68. The van der Waals surface area contributed by atoms with Gasteiger partial charge in [-0.1, -0.05) is 18.2 Å². The van der Waals surface area contributed by atoms with E-state index in [0.717, 1.165) is 25.2 Å². The van der Waals surface area contributed by atoms with Gasteiger partial charge in [0.2, 0.25) is 0 Å². The van der Waals surface area contributed by atoms with E-state index >= 15 is 0 Å². The number of nitrogens with one attached hydrogen (secondary N) is 1. The van der Waals surface area contributed by atoms with E-state index in [9.17, 15) is 0 Å². The molecule has 2 unspecified atom stereocenters. The number of ether oxygens (including phenoxy) is 1. The van der Waals surface area contributed by atoms with Gasteiger partial charge in [-0.25, -0.2) is 0 Å². The molecule has 2 aromatic rings. The van der Waals surface area contributed by atoms with Gasteiger partial charge in [-0.05, 0) is 37.6 Å². The van der Waals surface area contributed by atoms with Crippen molar-refractivity contribution in [1.29, 1.82) is 0 Å². The number of hydrogen-bond acceptors (Lipinski definition) is 3. The van der Waals surface area contributed by atoms with Crippen LogP contribution in [-0.2, 0) is 4.74 Å². The maximum absolute atomic E-state index is 5.61. The lowest BCUT2D eigenvalue weighted by atomic mass is 9.89. The first-order valence-corrected chi connectivity index (χ1v) is 6.98. The van der Waals surface area contributed by atoms with Gasteiger partial charge in [0.1, 0.15) is 0 Å². The molecule has 1 saturated heterocycles. The number of aromatic nitrogens is 1. The fourth-order valence-electron chi connectivity index (χ4n) is 2.96. The first-order valence-electron chi connectivity index (χ1n) is 6.98. The predicted octanol–water partition coefficient (Wildman–Crippen LogP) is 2.92. The molecule has 1 aliphatic heterocycles. The summed E-state index contributed by atoms with van der Waals surface area (Å²) in [5, 5.41) is 4.64. The second-order valence-corrected chi connectivity index (χ2v) is 5.20. The maximum Gasteiger partial charge on any atom is 0.0702 e. The van der Waals surface area contributed by atoms with Crippen molar-refractivity contribution >= 4 is 10.9 Å². The minimum absolute atomic E-state index is 0.331. The van der Waals surface area contributed by atoms with Crippen LogP contribution in [0.15, 0.2) is 36.5 Å². The van der Waals surface area contributed by atoms with Crippen LogP contribution in [0.25, 0.3) is 10.9 Å². The summed E-state index contributed by atoms with van der Waals surface area (Å²) in [5.74, 6) is 0.543. The van der Waals surface area contributed by atoms with Crippen LogP contribution in [0, 0.1) is 5.92 Å². The van der Waals surface area contributed by atoms with Gasteiger partial charge < -0.3 is 10.1 Å². The Morgan fingerprint density at radius 3 is 3.05 bits per heavy atom. The number of para-hydroxylation sites is 1. The molecule has 2 atom stereocenters. The fraction of sp³-hybridized carbons (Fsp3) is 0.438. The summed E-state index contributed by atoms with van der Waals surface area (Å²) in [7, 11) is 2.02. The lowest BCUT2D eigenvalue weighted by Crippen LogP contribution is -2.31. The molecule has 1 aromatic carbocycles. The molecule has 0 radical (unpaired) electrons. The third-order valence-corrected chi connectivity index (χ3v) is 3.95. The molecule has 0 spiro atoms. The molecule has 1 aliphatic rings. The van der Waals surface area contributed by atoms with E-state index < -0.39 is 0 Å². The highest BCUT2D eigenvalue weighted by Gasteiger charge is 2.24. The summed E-state index contributed by atoms with van der Waals surface area (Å²) >= 11 is 0. The minimum atomic E-state index is 0.331. The van der Waals surface area contributed by atoms with E-state index in [-0.39, 0.29) is 0 Å². The molecule has 19 heavy (non-hydrogen) atoms. The van der Waals surface area contributed by atoms with Crippen molar-refractivity contribution < 1.29 is 4.74 Å². The average molecular weight is 256 g/mol. The van der Waals surface area contributed by atoms with Crippen molar-refractivity contribution in [1.82, 2.24) is 10.3 Å². The molecule has 100 valence electrons. The van der Waals surface area contributed by atoms with Crippen LogP contribution in [0.1, 0.15) is 24.4 Å². The third-order valence-electron chi connectivity index (χ3n) is 3.95. The summed E-state index contributed by atoms with van der Waals surface area (Å²) < 4.78 is 5.61. The Balaban J connectivity index is 1.91. The zero-order valence-electron chi connectivity index (χ0n) is 11.3. The molecular weight excluding hydrogens is 236 g/mol. The SMILES string of the molecule is CNC(c1cnc2ccccc2c1)C1CCCOC1. The quantitative estimate of drug-likeness (QED) is 0.917. The molecule has 3 rings (SSSR count). The Morgan fingerprint density at radius 2 is 2.26 bits per heavy atom. The number of rotatable bonds is 3. The summed E-state index contributed by atoms with van der Waals surface area (Å²) in [6.07, 6.45) is 4.38. The van der Waals surface area contributed by atoms with Crippen LogP contribution < -0.4 is 5.32 Å². The summed E-state index contributed by atoms with van der Waals surface area (Å²) in [5.41, 5.74) is 2.32. The number of benzene rings is 1. The van der Waals surface area contributed by atoms with E-state index in [4.69, 9.17) is 4.74 Å². The number of fused-ring (bicyclic) bond motifs is 1. The Bertz CT molecular complexity index is 549. The Labute approximate surface area is 114 Å². The zero-order chi connectivity index (χ0) is 13.1. The van der Waals surface area contributed by atoms with E-state index in [1.54, 1.807) is 0 Å². The molecule has 2 heterocycles. The molecule has 0 bridgehead atoms. The summed E-state index contributed by atoms with van der Waals surface area (Å²) in [6.45, 7) is 1.75. The normalized spacial score (nSPS) is 21.4. The second-order valence-electron chi connectivity index (χ2n) is 5.20. The first kappa shape index (κ1) is 12.6. The minimum Gasteiger partial charge on any atom is -0.381 e. The summed E-state index contributed by atoms with van der Waals surface area (Å²) in [4.78, 5) is 4.56. The van der Waals surface area contributed by atoms with Crippen LogP contribution >= 0.6 is 0 Å². The molecule has 3 nitrogen and oxygen atoms in total. The zero-order valence-corrected chi connectivity index (χ0v) is 11.3. The lowest BCUT2D eigenvalue weighted by molar-refractivity contribution is 0.0402. The highest BCUT2D eigenvalue weighted by Crippen LogP contribution is 2.29. The topological polar surface area (TPSA) is 34.2 Å². The van der Waals surface area contributed by atoms with E-state index in [1.807, 2.05) is 19.3 Å². The predicted molar refractivity (Wildman–Crippen MR) is 77.1 cm³/mol. The molecule has 1 fully saturated rings. The molecular formula is C16H20N2O. The van der Waals surface area contributed by atoms with Crippen molar-refractivity contribution in [2.45, 2.75) is 18.9 Å². The molecule has 0 amide bonds. The molecule has 0 aliphatic carbocycles. The average Bonchev–Trinajstić information content (AvgIpc) is 2.49. The Hall–Kier alpha value is -1.45. The largest absolute Gasteiger partial charge is 0.381 e. The van der Waals surface area contributed by atoms with Gasteiger partial charge in [0.25, 0.3) is 0 Å². The van der Waals surface area contributed by atoms with Gasteiger partial charge in [-0.15, -0.1) is 0 Å². The number of pyridine rings is 1. The number of hydrogen-bond donors (Lipinski definition) is 1. The highest BCUT2D eigenvalue weighted by molar-refractivity contribution is 5.78. The van der Waals surface area contributed by atoms with E-state index in [2.05, 4.69) is 34.6 Å². The van der Waals surface area contributed by atoms with Gasteiger partial charge in [-0.3, -0.25) is 4.98 Å². The van der Waals surface area contributed by atoms with Crippen molar-refractivity contribution in [3.63, 3.8) is 0 Å². The van der Waals surface area contributed by atoms with Crippen molar-refractivity contribution in [2.75, 3.05) is 20.3 Å². The van der Waals surface area contributed by atoms with Crippen molar-refractivity contribution in [3.05, 3.63) is 42.1 Å². The summed E-state index contributed by atoms with van der Waals surface area (Å²) in [6, 6.07) is 10.8. The highest BCUT2D eigenvalue weighted by atomic mass is 16.5. The van der Waals surface area contributed by atoms with Crippen LogP contribution in [-0.4, -0.2) is 25.2 Å². The fourth-order valence-corrected chi connectivity index (χ4v) is 2.96.